The molecule has 108 valence electrons. The molecule has 0 amide bonds. The third kappa shape index (κ3) is 2.74. The first-order valence-electron chi connectivity index (χ1n) is 6.90. The molecule has 0 saturated carbocycles. The fourth-order valence-electron chi connectivity index (χ4n) is 2.04. The molecule has 0 atom stereocenters. The number of hydrogen-bond acceptors (Lipinski definition) is 5. The number of nitrogens with one attached hydrogen (secondary N) is 1. The number of fused-ring (bicyclic) bond motifs is 1. The van der Waals surface area contributed by atoms with E-state index in [0.29, 0.717) is 12.2 Å². The highest BCUT2D eigenvalue weighted by Crippen LogP contribution is 2.26. The van der Waals surface area contributed by atoms with Crippen LogP contribution in [0.25, 0.3) is 11.0 Å². The lowest BCUT2D eigenvalue weighted by atomic mass is 10.1. The zero-order chi connectivity index (χ0) is 14.5. The van der Waals surface area contributed by atoms with E-state index in [-0.39, 0.29) is 5.97 Å². The van der Waals surface area contributed by atoms with Crippen LogP contribution < -0.4 is 5.32 Å². The summed E-state index contributed by atoms with van der Waals surface area (Å²) < 4.78 is 6.77. The molecule has 2 aromatic rings. The number of aryl methyl sites for hydroxylation is 1. The number of pyridine rings is 1. The Morgan fingerprint density at radius 1 is 1.40 bits per heavy atom. The molecule has 0 aliphatic heterocycles. The van der Waals surface area contributed by atoms with Gasteiger partial charge in [0.05, 0.1) is 23.9 Å². The summed E-state index contributed by atoms with van der Waals surface area (Å²) in [6.07, 6.45) is 5.39. The van der Waals surface area contributed by atoms with Crippen LogP contribution in [0.1, 0.15) is 37.0 Å². The topological polar surface area (TPSA) is 69.0 Å². The molecule has 1 N–H and O–H groups in total. The summed E-state index contributed by atoms with van der Waals surface area (Å²) in [6.45, 7) is 5.06. The van der Waals surface area contributed by atoms with Gasteiger partial charge in [0.25, 0.3) is 0 Å². The Labute approximate surface area is 118 Å². The minimum atomic E-state index is -0.357. The van der Waals surface area contributed by atoms with Crippen LogP contribution in [-0.4, -0.2) is 33.9 Å². The van der Waals surface area contributed by atoms with Crippen LogP contribution in [0.4, 0.5) is 5.69 Å². The van der Waals surface area contributed by atoms with Crippen molar-refractivity contribution in [1.82, 2.24) is 14.8 Å². The number of ether oxygens (including phenoxy) is 1. The lowest BCUT2D eigenvalue weighted by Gasteiger charge is -2.12. The number of carbonyl (C=O) groups excluding carboxylic acids is 1. The van der Waals surface area contributed by atoms with E-state index in [9.17, 15) is 4.79 Å². The Hall–Kier alpha value is -2.11. The van der Waals surface area contributed by atoms with Gasteiger partial charge >= 0.3 is 5.97 Å². The first kappa shape index (κ1) is 14.3. The summed E-state index contributed by atoms with van der Waals surface area (Å²) in [5.74, 6) is -0.357. The number of rotatable bonds is 6. The Morgan fingerprint density at radius 3 is 2.90 bits per heavy atom. The molecule has 0 saturated heterocycles. The molecule has 0 bridgehead atoms. The summed E-state index contributed by atoms with van der Waals surface area (Å²) in [5.41, 5.74) is 1.97. The van der Waals surface area contributed by atoms with Crippen LogP contribution >= 0.6 is 0 Å². The van der Waals surface area contributed by atoms with E-state index in [2.05, 4.69) is 22.3 Å². The van der Waals surface area contributed by atoms with Crippen LogP contribution in [0, 0.1) is 0 Å². The fourth-order valence-corrected chi connectivity index (χ4v) is 2.04. The van der Waals surface area contributed by atoms with Crippen molar-refractivity contribution in [2.45, 2.75) is 26.7 Å². The van der Waals surface area contributed by atoms with Crippen LogP contribution in [0.3, 0.4) is 0 Å². The van der Waals surface area contributed by atoms with Crippen molar-refractivity contribution in [2.75, 3.05) is 18.5 Å². The highest BCUT2D eigenvalue weighted by atomic mass is 16.5. The van der Waals surface area contributed by atoms with E-state index >= 15 is 0 Å². The van der Waals surface area contributed by atoms with Crippen molar-refractivity contribution in [2.24, 2.45) is 7.05 Å². The molecule has 2 heterocycles. The molecule has 0 spiro atoms. The van der Waals surface area contributed by atoms with Gasteiger partial charge in [0, 0.05) is 19.8 Å². The molecular formula is C14H20N4O2. The van der Waals surface area contributed by atoms with Crippen molar-refractivity contribution < 1.29 is 9.53 Å². The molecule has 6 heteroatoms. The minimum absolute atomic E-state index is 0.346. The van der Waals surface area contributed by atoms with Gasteiger partial charge in [-0.2, -0.15) is 5.10 Å². The van der Waals surface area contributed by atoms with Crippen LogP contribution in [-0.2, 0) is 11.8 Å². The SMILES string of the molecule is CCCCNc1c(C(=O)OCC)cnc2c1cnn2C. The average Bonchev–Trinajstić information content (AvgIpc) is 2.81. The van der Waals surface area contributed by atoms with Crippen molar-refractivity contribution in [3.63, 3.8) is 0 Å². The van der Waals surface area contributed by atoms with Gasteiger partial charge in [0.15, 0.2) is 5.65 Å². The second-order valence-corrected chi connectivity index (χ2v) is 4.55. The molecule has 0 fully saturated rings. The summed E-state index contributed by atoms with van der Waals surface area (Å²) in [4.78, 5) is 16.3. The van der Waals surface area contributed by atoms with Gasteiger partial charge < -0.3 is 10.1 Å². The number of anilines is 1. The quantitative estimate of drug-likeness (QED) is 0.648. The van der Waals surface area contributed by atoms with Gasteiger partial charge in [0.2, 0.25) is 0 Å². The van der Waals surface area contributed by atoms with Gasteiger partial charge in [-0.15, -0.1) is 0 Å². The van der Waals surface area contributed by atoms with Gasteiger partial charge in [-0.3, -0.25) is 4.68 Å². The normalized spacial score (nSPS) is 10.8. The number of carbonyl (C=O) groups is 1. The van der Waals surface area contributed by atoms with E-state index in [0.717, 1.165) is 36.1 Å². The van der Waals surface area contributed by atoms with Crippen LogP contribution in [0.5, 0.6) is 0 Å². The second-order valence-electron chi connectivity index (χ2n) is 4.55. The zero-order valence-corrected chi connectivity index (χ0v) is 12.1. The average molecular weight is 276 g/mol. The van der Waals surface area contributed by atoms with E-state index in [1.165, 1.54) is 0 Å². The second kappa shape index (κ2) is 6.36. The predicted molar refractivity (Wildman–Crippen MR) is 77.9 cm³/mol. The molecule has 0 unspecified atom stereocenters. The van der Waals surface area contributed by atoms with Gasteiger partial charge in [0.1, 0.15) is 5.56 Å². The number of unbranched alkanes of at least 4 members (excludes halogenated alkanes) is 1. The third-order valence-corrected chi connectivity index (χ3v) is 3.09. The first-order valence-corrected chi connectivity index (χ1v) is 6.90. The molecule has 6 nitrogen and oxygen atoms in total. The lowest BCUT2D eigenvalue weighted by molar-refractivity contribution is 0.0527. The molecule has 2 rings (SSSR count). The molecular weight excluding hydrogens is 256 g/mol. The highest BCUT2D eigenvalue weighted by Gasteiger charge is 2.18. The number of nitrogens with zero attached hydrogens (tertiary/aromatic N) is 3. The minimum Gasteiger partial charge on any atom is -0.462 e. The fraction of sp³-hybridized carbons (Fsp3) is 0.500. The van der Waals surface area contributed by atoms with Crippen molar-refractivity contribution >= 4 is 22.7 Å². The van der Waals surface area contributed by atoms with E-state index in [4.69, 9.17) is 4.74 Å². The lowest BCUT2D eigenvalue weighted by Crippen LogP contribution is -2.12. The highest BCUT2D eigenvalue weighted by molar-refractivity contribution is 6.04. The van der Waals surface area contributed by atoms with Crippen molar-refractivity contribution in [3.8, 4) is 0 Å². The monoisotopic (exact) mass is 276 g/mol. The predicted octanol–water partition coefficient (Wildman–Crippen LogP) is 2.36. The number of aromatic nitrogens is 3. The van der Waals surface area contributed by atoms with E-state index in [1.807, 2.05) is 7.05 Å². The van der Waals surface area contributed by atoms with E-state index < -0.39 is 0 Å². The summed E-state index contributed by atoms with van der Waals surface area (Å²) in [5, 5.41) is 8.35. The molecule has 0 radical (unpaired) electrons. The van der Waals surface area contributed by atoms with Gasteiger partial charge in [-0.05, 0) is 13.3 Å². The zero-order valence-electron chi connectivity index (χ0n) is 12.1. The Bertz CT molecular complexity index is 606. The standard InChI is InChI=1S/C14H20N4O2/c1-4-6-7-15-12-10-9-17-18(3)13(10)16-8-11(12)14(19)20-5-2/h8-9H,4-7H2,1-3H3,(H,15,16). The van der Waals surface area contributed by atoms with Gasteiger partial charge in [-0.1, -0.05) is 13.3 Å². The number of esters is 1. The summed E-state index contributed by atoms with van der Waals surface area (Å²) in [6, 6.07) is 0. The molecule has 2 aromatic heterocycles. The third-order valence-electron chi connectivity index (χ3n) is 3.09. The maximum atomic E-state index is 12.0. The molecule has 0 aliphatic rings. The van der Waals surface area contributed by atoms with E-state index in [1.54, 1.807) is 24.0 Å². The number of hydrogen-bond donors (Lipinski definition) is 1. The van der Waals surface area contributed by atoms with Crippen molar-refractivity contribution in [1.29, 1.82) is 0 Å². The van der Waals surface area contributed by atoms with Crippen LogP contribution in [0.15, 0.2) is 12.4 Å². The Kier molecular flexibility index (Phi) is 4.55. The van der Waals surface area contributed by atoms with Crippen molar-refractivity contribution in [3.05, 3.63) is 18.0 Å². The maximum absolute atomic E-state index is 12.0. The summed E-state index contributed by atoms with van der Waals surface area (Å²) in [7, 11) is 1.83. The smallest absolute Gasteiger partial charge is 0.341 e. The van der Waals surface area contributed by atoms with Crippen LogP contribution in [0.2, 0.25) is 0 Å². The maximum Gasteiger partial charge on any atom is 0.341 e. The first-order chi connectivity index (χ1) is 9.69. The molecule has 0 aliphatic carbocycles. The molecule has 0 aromatic carbocycles. The van der Waals surface area contributed by atoms with Gasteiger partial charge in [-0.25, -0.2) is 9.78 Å². The Balaban J connectivity index is 2.44. The largest absolute Gasteiger partial charge is 0.462 e. The Morgan fingerprint density at radius 2 is 2.20 bits per heavy atom. The molecule has 20 heavy (non-hydrogen) atoms. The summed E-state index contributed by atoms with van der Waals surface area (Å²) >= 11 is 0.